The van der Waals surface area contributed by atoms with Crippen molar-refractivity contribution in [1.29, 1.82) is 0 Å². The summed E-state index contributed by atoms with van der Waals surface area (Å²) in [7, 11) is 0. The van der Waals surface area contributed by atoms with Gasteiger partial charge >= 0.3 is 0 Å². The van der Waals surface area contributed by atoms with Gasteiger partial charge < -0.3 is 10.2 Å². The average molecular weight is 404 g/mol. The number of amides is 2. The lowest BCUT2D eigenvalue weighted by atomic mass is 9.96. The van der Waals surface area contributed by atoms with Crippen LogP contribution < -0.4 is 10.2 Å². The number of nitrogens with one attached hydrogen (secondary N) is 1. The molecule has 1 saturated heterocycles. The third-order valence-electron chi connectivity index (χ3n) is 5.62. The molecular formula is C22H24N6O2. The molecule has 2 amide bonds. The SMILES string of the molecule is CC[C@H](C)c1ccccc1N1C[C@@H](C(=O)Nc2ccc(-n3cnnn3)cc2)CC1=O. The van der Waals surface area contributed by atoms with Crippen LogP contribution in [0, 0.1) is 5.92 Å². The van der Waals surface area contributed by atoms with E-state index in [4.69, 9.17) is 0 Å². The molecule has 1 aliphatic heterocycles. The van der Waals surface area contributed by atoms with Crippen LogP contribution in [0.15, 0.2) is 54.9 Å². The number of anilines is 2. The third kappa shape index (κ3) is 3.94. The van der Waals surface area contributed by atoms with Crippen molar-refractivity contribution in [1.82, 2.24) is 20.2 Å². The van der Waals surface area contributed by atoms with Crippen molar-refractivity contribution in [3.8, 4) is 5.69 Å². The standard InChI is InChI=1S/C22H24N6O2/c1-3-15(2)19-6-4-5-7-20(19)27-13-16(12-21(27)29)22(30)24-17-8-10-18(11-9-17)28-14-23-25-26-28/h4-11,14-16H,3,12-13H2,1-2H3,(H,24,30)/t15-,16-/m0/s1. The van der Waals surface area contributed by atoms with Gasteiger partial charge in [-0.25, -0.2) is 4.68 Å². The Morgan fingerprint density at radius 1 is 1.20 bits per heavy atom. The molecule has 0 unspecified atom stereocenters. The second-order valence-electron chi connectivity index (χ2n) is 7.56. The minimum Gasteiger partial charge on any atom is -0.326 e. The summed E-state index contributed by atoms with van der Waals surface area (Å²) in [4.78, 5) is 27.3. The molecule has 154 valence electrons. The number of para-hydroxylation sites is 1. The van der Waals surface area contributed by atoms with E-state index in [2.05, 4.69) is 40.8 Å². The second-order valence-corrected chi connectivity index (χ2v) is 7.56. The minimum atomic E-state index is -0.387. The van der Waals surface area contributed by atoms with Crippen LogP contribution in [0.3, 0.4) is 0 Å². The Hall–Kier alpha value is -3.55. The van der Waals surface area contributed by atoms with Gasteiger partial charge in [0.25, 0.3) is 0 Å². The van der Waals surface area contributed by atoms with E-state index in [0.717, 1.165) is 23.4 Å². The molecule has 2 aromatic carbocycles. The largest absolute Gasteiger partial charge is 0.326 e. The number of aromatic nitrogens is 4. The topological polar surface area (TPSA) is 93.0 Å². The maximum atomic E-state index is 12.8. The van der Waals surface area contributed by atoms with Gasteiger partial charge in [-0.15, -0.1) is 5.10 Å². The summed E-state index contributed by atoms with van der Waals surface area (Å²) < 4.78 is 1.54. The highest BCUT2D eigenvalue weighted by Gasteiger charge is 2.36. The molecule has 1 aromatic heterocycles. The van der Waals surface area contributed by atoms with E-state index < -0.39 is 0 Å². The normalized spacial score (nSPS) is 17.2. The van der Waals surface area contributed by atoms with Crippen molar-refractivity contribution in [2.75, 3.05) is 16.8 Å². The number of hydrogen-bond donors (Lipinski definition) is 1. The Morgan fingerprint density at radius 3 is 2.67 bits per heavy atom. The summed E-state index contributed by atoms with van der Waals surface area (Å²) in [5.74, 6) is -0.204. The summed E-state index contributed by atoms with van der Waals surface area (Å²) in [5, 5.41) is 14.0. The van der Waals surface area contributed by atoms with Crippen LogP contribution in [0.25, 0.3) is 5.69 Å². The van der Waals surface area contributed by atoms with Crippen LogP contribution in [0.2, 0.25) is 0 Å². The molecule has 1 fully saturated rings. The van der Waals surface area contributed by atoms with Crippen molar-refractivity contribution < 1.29 is 9.59 Å². The predicted molar refractivity (Wildman–Crippen MR) is 113 cm³/mol. The van der Waals surface area contributed by atoms with Gasteiger partial charge in [0, 0.05) is 24.3 Å². The molecule has 2 heterocycles. The van der Waals surface area contributed by atoms with E-state index in [9.17, 15) is 9.59 Å². The molecule has 30 heavy (non-hydrogen) atoms. The van der Waals surface area contributed by atoms with E-state index in [0.29, 0.717) is 18.2 Å². The fourth-order valence-electron chi connectivity index (χ4n) is 3.71. The first kappa shape index (κ1) is 19.8. The highest BCUT2D eigenvalue weighted by molar-refractivity contribution is 6.03. The van der Waals surface area contributed by atoms with Crippen LogP contribution in [0.5, 0.6) is 0 Å². The maximum absolute atomic E-state index is 12.8. The molecule has 1 N–H and O–H groups in total. The molecular weight excluding hydrogens is 380 g/mol. The number of rotatable bonds is 6. The van der Waals surface area contributed by atoms with Crippen LogP contribution >= 0.6 is 0 Å². The Morgan fingerprint density at radius 2 is 1.97 bits per heavy atom. The van der Waals surface area contributed by atoms with E-state index in [1.165, 1.54) is 11.0 Å². The molecule has 0 spiro atoms. The monoisotopic (exact) mass is 404 g/mol. The van der Waals surface area contributed by atoms with Gasteiger partial charge in [0.05, 0.1) is 11.6 Å². The lowest BCUT2D eigenvalue weighted by Crippen LogP contribution is -2.29. The zero-order valence-corrected chi connectivity index (χ0v) is 17.0. The first-order valence-corrected chi connectivity index (χ1v) is 10.1. The molecule has 0 radical (unpaired) electrons. The van der Waals surface area contributed by atoms with Gasteiger partial charge in [-0.3, -0.25) is 9.59 Å². The van der Waals surface area contributed by atoms with Gasteiger partial charge in [0.15, 0.2) is 0 Å². The number of benzene rings is 2. The summed E-state index contributed by atoms with van der Waals surface area (Å²) >= 11 is 0. The lowest BCUT2D eigenvalue weighted by Gasteiger charge is -2.23. The molecule has 2 atom stereocenters. The van der Waals surface area contributed by atoms with E-state index in [1.807, 2.05) is 30.3 Å². The first-order chi connectivity index (χ1) is 14.6. The highest BCUT2D eigenvalue weighted by Crippen LogP contribution is 2.33. The molecule has 3 aromatic rings. The summed E-state index contributed by atoms with van der Waals surface area (Å²) in [6.45, 7) is 4.68. The van der Waals surface area contributed by atoms with Gasteiger partial charge in [-0.05, 0) is 58.7 Å². The fraction of sp³-hybridized carbons (Fsp3) is 0.318. The molecule has 0 aliphatic carbocycles. The Labute approximate surface area is 174 Å². The number of nitrogens with zero attached hydrogens (tertiary/aromatic N) is 5. The van der Waals surface area contributed by atoms with E-state index >= 15 is 0 Å². The summed E-state index contributed by atoms with van der Waals surface area (Å²) in [6, 6.07) is 15.2. The fourth-order valence-corrected chi connectivity index (χ4v) is 3.71. The molecule has 1 aliphatic rings. The molecule has 0 saturated carbocycles. The van der Waals surface area contributed by atoms with Crippen LogP contribution in [-0.4, -0.2) is 38.6 Å². The minimum absolute atomic E-state index is 0.0140. The third-order valence-corrected chi connectivity index (χ3v) is 5.62. The number of carbonyl (C=O) groups is 2. The second kappa shape index (κ2) is 8.44. The number of hydrogen-bond acceptors (Lipinski definition) is 5. The predicted octanol–water partition coefficient (Wildman–Crippen LogP) is 3.17. The van der Waals surface area contributed by atoms with E-state index in [1.54, 1.807) is 17.0 Å². The average Bonchev–Trinajstić information content (AvgIpc) is 3.44. The van der Waals surface area contributed by atoms with Crippen molar-refractivity contribution in [2.24, 2.45) is 5.92 Å². The Bertz CT molecular complexity index is 1030. The quantitative estimate of drug-likeness (QED) is 0.681. The van der Waals surface area contributed by atoms with Crippen molar-refractivity contribution in [3.05, 3.63) is 60.4 Å². The summed E-state index contributed by atoms with van der Waals surface area (Å²) in [6.07, 6.45) is 2.70. The molecule has 8 nitrogen and oxygen atoms in total. The molecule has 0 bridgehead atoms. The van der Waals surface area contributed by atoms with Crippen molar-refractivity contribution in [3.63, 3.8) is 0 Å². The molecule has 4 rings (SSSR count). The van der Waals surface area contributed by atoms with E-state index in [-0.39, 0.29) is 24.2 Å². The Kier molecular flexibility index (Phi) is 5.56. The lowest BCUT2D eigenvalue weighted by molar-refractivity contribution is -0.122. The summed E-state index contributed by atoms with van der Waals surface area (Å²) in [5.41, 5.74) is 3.52. The zero-order valence-electron chi connectivity index (χ0n) is 17.0. The van der Waals surface area contributed by atoms with Gasteiger partial charge in [-0.2, -0.15) is 0 Å². The zero-order chi connectivity index (χ0) is 21.1. The van der Waals surface area contributed by atoms with Gasteiger partial charge in [-0.1, -0.05) is 32.0 Å². The van der Waals surface area contributed by atoms with Gasteiger partial charge in [0.2, 0.25) is 11.8 Å². The van der Waals surface area contributed by atoms with Gasteiger partial charge in [0.1, 0.15) is 6.33 Å². The van der Waals surface area contributed by atoms with Crippen LogP contribution in [0.4, 0.5) is 11.4 Å². The Balaban J connectivity index is 1.45. The first-order valence-electron chi connectivity index (χ1n) is 10.1. The molecule has 8 heteroatoms. The highest BCUT2D eigenvalue weighted by atomic mass is 16.2. The van der Waals surface area contributed by atoms with Crippen molar-refractivity contribution in [2.45, 2.75) is 32.6 Å². The van der Waals surface area contributed by atoms with Crippen LogP contribution in [0.1, 0.15) is 38.2 Å². The van der Waals surface area contributed by atoms with Crippen LogP contribution in [-0.2, 0) is 9.59 Å². The number of tetrazole rings is 1. The van der Waals surface area contributed by atoms with Crippen molar-refractivity contribution >= 4 is 23.2 Å². The maximum Gasteiger partial charge on any atom is 0.229 e. The smallest absolute Gasteiger partial charge is 0.229 e. The number of carbonyl (C=O) groups excluding carboxylic acids is 2.